The Hall–Kier alpha value is -2.64. The number of hydrogen-bond acceptors (Lipinski definition) is 5. The maximum absolute atomic E-state index is 6.28. The van der Waals surface area contributed by atoms with Crippen LogP contribution >= 0.6 is 23.8 Å². The molecule has 0 aliphatic heterocycles. The highest BCUT2D eigenvalue weighted by Gasteiger charge is 2.11. The number of hydrogen-bond donors (Lipinski definition) is 1. The lowest BCUT2D eigenvalue weighted by Crippen LogP contribution is -1.99. The minimum atomic E-state index is 0.393. The van der Waals surface area contributed by atoms with Crippen LogP contribution in [0.4, 0.5) is 0 Å². The van der Waals surface area contributed by atoms with E-state index in [0.29, 0.717) is 33.7 Å². The van der Waals surface area contributed by atoms with Crippen molar-refractivity contribution in [2.45, 2.75) is 6.92 Å². The third-order valence-electron chi connectivity index (χ3n) is 3.54. The molecule has 1 N–H and O–H groups in total. The lowest BCUT2D eigenvalue weighted by atomic mass is 10.2. The van der Waals surface area contributed by atoms with Crippen molar-refractivity contribution < 1.29 is 9.47 Å². The minimum Gasteiger partial charge on any atom is -0.491 e. The molecule has 1 aromatic heterocycles. The molecule has 6 nitrogen and oxygen atoms in total. The van der Waals surface area contributed by atoms with Crippen LogP contribution < -0.4 is 9.47 Å². The molecule has 2 aromatic carbocycles. The number of H-pyrrole nitrogens is 1. The van der Waals surface area contributed by atoms with Crippen LogP contribution in [0.15, 0.2) is 47.6 Å². The number of aromatic nitrogens is 3. The topological polar surface area (TPSA) is 64.4 Å². The zero-order chi connectivity index (χ0) is 18.5. The molecule has 0 radical (unpaired) electrons. The Morgan fingerprint density at radius 1 is 1.31 bits per heavy atom. The lowest BCUT2D eigenvalue weighted by molar-refractivity contribution is 0.311. The maximum Gasteiger partial charge on any atom is 0.216 e. The average molecular weight is 389 g/mol. The Balaban J connectivity index is 1.99. The summed E-state index contributed by atoms with van der Waals surface area (Å²) >= 11 is 11.6. The second-order valence-corrected chi connectivity index (χ2v) is 6.04. The van der Waals surface area contributed by atoms with E-state index in [4.69, 9.17) is 33.3 Å². The molecule has 0 atom stereocenters. The smallest absolute Gasteiger partial charge is 0.216 e. The number of rotatable bonds is 6. The van der Waals surface area contributed by atoms with Gasteiger partial charge in [-0.05, 0) is 36.8 Å². The van der Waals surface area contributed by atoms with Crippen molar-refractivity contribution in [2.24, 2.45) is 5.10 Å². The lowest BCUT2D eigenvalue weighted by Gasteiger charge is -2.11. The van der Waals surface area contributed by atoms with Gasteiger partial charge in [0.1, 0.15) is 0 Å². The van der Waals surface area contributed by atoms with Crippen LogP contribution in [0, 0.1) is 4.77 Å². The predicted molar refractivity (Wildman–Crippen MR) is 105 cm³/mol. The Morgan fingerprint density at radius 2 is 2.08 bits per heavy atom. The van der Waals surface area contributed by atoms with Crippen molar-refractivity contribution in [3.8, 4) is 22.9 Å². The van der Waals surface area contributed by atoms with E-state index in [-0.39, 0.29) is 0 Å². The number of ether oxygens (including phenoxy) is 2. The molecule has 3 rings (SSSR count). The molecule has 8 heteroatoms. The summed E-state index contributed by atoms with van der Waals surface area (Å²) in [4.78, 5) is 0. The zero-order valence-corrected chi connectivity index (χ0v) is 15.8. The second kappa shape index (κ2) is 8.16. The Bertz CT molecular complexity index is 983. The number of methoxy groups -OCH3 is 1. The molecular weight excluding hydrogens is 372 g/mol. The molecule has 0 aliphatic rings. The summed E-state index contributed by atoms with van der Waals surface area (Å²) in [5, 5.41) is 11.9. The van der Waals surface area contributed by atoms with Crippen LogP contribution in [0.3, 0.4) is 0 Å². The third-order valence-corrected chi connectivity index (χ3v) is 4.09. The van der Waals surface area contributed by atoms with Crippen molar-refractivity contribution in [3.63, 3.8) is 0 Å². The SMILES string of the molecule is CCOc1cc(/C=N\n2c(-c3ccccc3)n[nH]c2=S)cc(Cl)c1OC. The van der Waals surface area contributed by atoms with Gasteiger partial charge in [-0.25, -0.2) is 5.10 Å². The van der Waals surface area contributed by atoms with Crippen molar-refractivity contribution in [3.05, 3.63) is 57.8 Å². The van der Waals surface area contributed by atoms with E-state index in [1.807, 2.05) is 43.3 Å². The summed E-state index contributed by atoms with van der Waals surface area (Å²) in [6.45, 7) is 2.39. The van der Waals surface area contributed by atoms with Gasteiger partial charge in [0.2, 0.25) is 4.77 Å². The van der Waals surface area contributed by atoms with E-state index in [2.05, 4.69) is 15.3 Å². The number of aromatic amines is 1. The zero-order valence-electron chi connectivity index (χ0n) is 14.3. The van der Waals surface area contributed by atoms with Crippen LogP contribution in [0.25, 0.3) is 11.4 Å². The van der Waals surface area contributed by atoms with Gasteiger partial charge in [-0.15, -0.1) is 0 Å². The fourth-order valence-corrected chi connectivity index (χ4v) is 2.90. The summed E-state index contributed by atoms with van der Waals surface area (Å²) in [5.41, 5.74) is 1.65. The first-order chi connectivity index (χ1) is 12.6. The first kappa shape index (κ1) is 18.2. The van der Waals surface area contributed by atoms with Gasteiger partial charge < -0.3 is 9.47 Å². The number of halogens is 1. The molecular formula is C18H17ClN4O2S. The molecule has 0 unspecified atom stereocenters. The van der Waals surface area contributed by atoms with Crippen molar-refractivity contribution in [1.82, 2.24) is 14.9 Å². The number of benzene rings is 2. The number of nitrogens with one attached hydrogen (secondary N) is 1. The molecule has 0 spiro atoms. The first-order valence-electron chi connectivity index (χ1n) is 7.91. The Labute approximate surface area is 161 Å². The molecule has 1 heterocycles. The highest BCUT2D eigenvalue weighted by molar-refractivity contribution is 7.71. The van der Waals surface area contributed by atoms with E-state index in [0.717, 1.165) is 11.1 Å². The van der Waals surface area contributed by atoms with Gasteiger partial charge in [-0.3, -0.25) is 0 Å². The highest BCUT2D eigenvalue weighted by Crippen LogP contribution is 2.35. The van der Waals surface area contributed by atoms with Crippen LogP contribution in [-0.4, -0.2) is 34.8 Å². The van der Waals surface area contributed by atoms with Crippen LogP contribution in [0.5, 0.6) is 11.5 Å². The van der Waals surface area contributed by atoms with Gasteiger partial charge in [0.05, 0.1) is 25.0 Å². The van der Waals surface area contributed by atoms with E-state index in [1.165, 1.54) is 0 Å². The number of nitrogens with zero attached hydrogens (tertiary/aromatic N) is 3. The Kier molecular flexibility index (Phi) is 5.70. The van der Waals surface area contributed by atoms with Crippen molar-refractivity contribution >= 4 is 30.0 Å². The van der Waals surface area contributed by atoms with E-state index in [1.54, 1.807) is 24.1 Å². The van der Waals surface area contributed by atoms with Crippen LogP contribution in [0.1, 0.15) is 12.5 Å². The van der Waals surface area contributed by atoms with Crippen molar-refractivity contribution in [2.75, 3.05) is 13.7 Å². The van der Waals surface area contributed by atoms with Crippen LogP contribution in [-0.2, 0) is 0 Å². The molecule has 134 valence electrons. The normalized spacial score (nSPS) is 11.0. The van der Waals surface area contributed by atoms with Gasteiger partial charge >= 0.3 is 0 Å². The summed E-state index contributed by atoms with van der Waals surface area (Å²) in [7, 11) is 1.55. The minimum absolute atomic E-state index is 0.393. The van der Waals surface area contributed by atoms with E-state index >= 15 is 0 Å². The van der Waals surface area contributed by atoms with Crippen LogP contribution in [0.2, 0.25) is 5.02 Å². The molecule has 0 fully saturated rings. The maximum atomic E-state index is 6.28. The largest absolute Gasteiger partial charge is 0.491 e. The summed E-state index contributed by atoms with van der Waals surface area (Å²) < 4.78 is 12.8. The third kappa shape index (κ3) is 3.79. The molecule has 0 saturated carbocycles. The first-order valence-corrected chi connectivity index (χ1v) is 8.70. The molecule has 0 saturated heterocycles. The van der Waals surface area contributed by atoms with E-state index < -0.39 is 0 Å². The standard InChI is InChI=1S/C18H17ClN4O2S/c1-3-25-15-10-12(9-14(19)16(15)24-2)11-20-23-17(21-22-18(23)26)13-7-5-4-6-8-13/h4-11H,3H2,1-2H3,(H,22,26)/b20-11-. The summed E-state index contributed by atoms with van der Waals surface area (Å²) in [6.07, 6.45) is 1.64. The molecule has 0 aliphatic carbocycles. The molecule has 0 amide bonds. The molecule has 0 bridgehead atoms. The monoisotopic (exact) mass is 388 g/mol. The summed E-state index contributed by atoms with van der Waals surface area (Å²) in [6, 6.07) is 13.2. The quantitative estimate of drug-likeness (QED) is 0.497. The Morgan fingerprint density at radius 3 is 2.77 bits per heavy atom. The van der Waals surface area contributed by atoms with Gasteiger partial charge in [-0.2, -0.15) is 14.9 Å². The molecule has 26 heavy (non-hydrogen) atoms. The van der Waals surface area contributed by atoms with Crippen molar-refractivity contribution in [1.29, 1.82) is 0 Å². The van der Waals surface area contributed by atoms with E-state index in [9.17, 15) is 0 Å². The molecule has 3 aromatic rings. The fourth-order valence-electron chi connectivity index (χ4n) is 2.42. The highest BCUT2D eigenvalue weighted by atomic mass is 35.5. The second-order valence-electron chi connectivity index (χ2n) is 5.24. The average Bonchev–Trinajstić information content (AvgIpc) is 3.01. The van der Waals surface area contributed by atoms with Gasteiger partial charge in [0.15, 0.2) is 17.3 Å². The van der Waals surface area contributed by atoms with Gasteiger partial charge in [0.25, 0.3) is 0 Å². The summed E-state index contributed by atoms with van der Waals surface area (Å²) in [5.74, 6) is 1.68. The van der Waals surface area contributed by atoms with Gasteiger partial charge in [-0.1, -0.05) is 41.9 Å². The fraction of sp³-hybridized carbons (Fsp3) is 0.167. The van der Waals surface area contributed by atoms with Gasteiger partial charge in [0, 0.05) is 5.56 Å². The predicted octanol–water partition coefficient (Wildman–Crippen LogP) is 4.55.